The van der Waals surface area contributed by atoms with Crippen LogP contribution in [0.2, 0.25) is 0 Å². The predicted octanol–water partition coefficient (Wildman–Crippen LogP) is 5.34. The summed E-state index contributed by atoms with van der Waals surface area (Å²) in [5, 5.41) is 79.9. The Morgan fingerprint density at radius 1 is 0.389 bits per heavy atom. The fourth-order valence-electron chi connectivity index (χ4n) is 3.74. The van der Waals surface area contributed by atoms with Crippen LogP contribution < -0.4 is 0 Å². The summed E-state index contributed by atoms with van der Waals surface area (Å²) in [5.41, 5.74) is 2.21. The Kier molecular flexibility index (Phi) is 6.34. The quantitative estimate of drug-likeness (QED) is 0.138. The zero-order chi connectivity index (χ0) is 26.0. The molecule has 0 aliphatic heterocycles. The summed E-state index contributed by atoms with van der Waals surface area (Å²) < 4.78 is 0. The Morgan fingerprint density at radius 3 is 1.67 bits per heavy atom. The average molecular weight is 486 g/mol. The largest absolute Gasteiger partial charge is 0.508 e. The van der Waals surface area contributed by atoms with E-state index in [1.165, 1.54) is 48.5 Å². The second kappa shape index (κ2) is 9.55. The summed E-state index contributed by atoms with van der Waals surface area (Å²) in [7, 11) is 0. The fourth-order valence-corrected chi connectivity index (χ4v) is 3.74. The molecule has 0 radical (unpaired) electrons. The van der Waals surface area contributed by atoms with Gasteiger partial charge in [0.25, 0.3) is 0 Å². The van der Waals surface area contributed by atoms with Gasteiger partial charge in [-0.3, -0.25) is 0 Å². The third-order valence-electron chi connectivity index (χ3n) is 5.38. The molecule has 4 aromatic rings. The molecule has 8 heteroatoms. The highest BCUT2D eigenvalue weighted by Gasteiger charge is 2.17. The normalized spacial score (nSPS) is 11.4. The van der Waals surface area contributed by atoms with Crippen LogP contribution in [0.25, 0.3) is 35.4 Å². The topological polar surface area (TPSA) is 162 Å². The lowest BCUT2D eigenvalue weighted by molar-refractivity contribution is 0.403. The first-order valence-electron chi connectivity index (χ1n) is 10.6. The minimum atomic E-state index is -0.442. The van der Waals surface area contributed by atoms with E-state index in [4.69, 9.17) is 0 Å². The van der Waals surface area contributed by atoms with Gasteiger partial charge in [0, 0.05) is 17.7 Å². The zero-order valence-corrected chi connectivity index (χ0v) is 18.7. The van der Waals surface area contributed by atoms with Gasteiger partial charge < -0.3 is 40.9 Å². The van der Waals surface area contributed by atoms with Gasteiger partial charge in [0.05, 0.1) is 0 Å². The van der Waals surface area contributed by atoms with Crippen molar-refractivity contribution in [2.75, 3.05) is 0 Å². The molecule has 0 heterocycles. The molecule has 0 aromatic heterocycles. The summed E-state index contributed by atoms with van der Waals surface area (Å²) in [6.45, 7) is 0. The summed E-state index contributed by atoms with van der Waals surface area (Å²) >= 11 is 0. The van der Waals surface area contributed by atoms with Crippen LogP contribution in [0.3, 0.4) is 0 Å². The third-order valence-corrected chi connectivity index (χ3v) is 5.38. The third kappa shape index (κ3) is 5.13. The maximum Gasteiger partial charge on any atom is 0.158 e. The molecule has 8 nitrogen and oxygen atoms in total. The van der Waals surface area contributed by atoms with Gasteiger partial charge in [0.2, 0.25) is 0 Å². The summed E-state index contributed by atoms with van der Waals surface area (Å²) in [4.78, 5) is 0. The second-order valence-electron chi connectivity index (χ2n) is 8.05. The van der Waals surface area contributed by atoms with E-state index < -0.39 is 11.5 Å². The molecular formula is C28H22O8. The van der Waals surface area contributed by atoms with Crippen LogP contribution in [-0.4, -0.2) is 40.9 Å². The molecule has 8 N–H and O–H groups in total. The first kappa shape index (κ1) is 23.9. The fraction of sp³-hybridized carbons (Fsp3) is 0. The van der Waals surface area contributed by atoms with E-state index in [1.54, 1.807) is 30.4 Å². The molecular weight excluding hydrogens is 464 g/mol. The van der Waals surface area contributed by atoms with Gasteiger partial charge >= 0.3 is 0 Å². The predicted molar refractivity (Wildman–Crippen MR) is 136 cm³/mol. The van der Waals surface area contributed by atoms with Crippen LogP contribution in [0, 0.1) is 0 Å². The minimum Gasteiger partial charge on any atom is -0.508 e. The molecule has 0 bridgehead atoms. The lowest BCUT2D eigenvalue weighted by Crippen LogP contribution is -1.90. The summed E-state index contributed by atoms with van der Waals surface area (Å²) in [6.07, 6.45) is 6.26. The smallest absolute Gasteiger partial charge is 0.158 e. The van der Waals surface area contributed by atoms with Crippen molar-refractivity contribution >= 4 is 24.3 Å². The van der Waals surface area contributed by atoms with Crippen molar-refractivity contribution in [3.63, 3.8) is 0 Å². The van der Waals surface area contributed by atoms with E-state index in [0.717, 1.165) is 6.07 Å². The first-order chi connectivity index (χ1) is 17.1. The Labute approximate surface area is 205 Å². The van der Waals surface area contributed by atoms with Gasteiger partial charge in [-0.1, -0.05) is 30.4 Å². The number of rotatable bonds is 5. The standard InChI is InChI=1S/C28H22O8/c29-19-7-16(8-20(30)12-19)2-4-17-11-25(34)26(35)14-22(17)28-18(10-21(31)13-27(28)36)5-1-15-3-6-23(32)24(33)9-15/h1-14,29-36H. The Morgan fingerprint density at radius 2 is 0.972 bits per heavy atom. The molecule has 4 aromatic carbocycles. The average Bonchev–Trinajstić information content (AvgIpc) is 2.80. The molecule has 0 aliphatic carbocycles. The SMILES string of the molecule is Oc1cc(O)cc(C=Cc2cc(O)c(O)cc2-c2c(O)cc(O)cc2C=Cc2ccc(O)c(O)c2)c1. The van der Waals surface area contributed by atoms with E-state index in [0.29, 0.717) is 27.8 Å². The molecule has 4 rings (SSSR count). The molecule has 0 fully saturated rings. The first-order valence-corrected chi connectivity index (χ1v) is 10.6. The van der Waals surface area contributed by atoms with E-state index in [2.05, 4.69) is 0 Å². The number of hydrogen-bond donors (Lipinski definition) is 8. The van der Waals surface area contributed by atoms with Gasteiger partial charge in [0.1, 0.15) is 23.0 Å². The van der Waals surface area contributed by atoms with E-state index in [-0.39, 0.29) is 40.1 Å². The van der Waals surface area contributed by atoms with Crippen molar-refractivity contribution in [3.8, 4) is 57.1 Å². The number of phenolic OH excluding ortho intramolecular Hbond substituents is 8. The summed E-state index contributed by atoms with van der Waals surface area (Å²) in [5.74, 6) is -2.27. The highest BCUT2D eigenvalue weighted by molar-refractivity contribution is 5.91. The van der Waals surface area contributed by atoms with E-state index in [9.17, 15) is 40.9 Å². The Bertz CT molecular complexity index is 1500. The molecule has 0 aliphatic rings. The molecule has 0 amide bonds. The van der Waals surface area contributed by atoms with Crippen molar-refractivity contribution in [1.29, 1.82) is 0 Å². The molecule has 182 valence electrons. The van der Waals surface area contributed by atoms with Gasteiger partial charge in [-0.2, -0.15) is 0 Å². The molecule has 0 saturated heterocycles. The monoisotopic (exact) mass is 486 g/mol. The van der Waals surface area contributed by atoms with Crippen molar-refractivity contribution < 1.29 is 40.9 Å². The second-order valence-corrected chi connectivity index (χ2v) is 8.05. The van der Waals surface area contributed by atoms with Crippen LogP contribution in [-0.2, 0) is 0 Å². The van der Waals surface area contributed by atoms with Crippen LogP contribution in [0.1, 0.15) is 22.3 Å². The molecule has 0 atom stereocenters. The summed E-state index contributed by atoms with van der Waals surface area (Å²) in [6, 6.07) is 13.3. The van der Waals surface area contributed by atoms with Gasteiger partial charge in [-0.25, -0.2) is 0 Å². The van der Waals surface area contributed by atoms with Crippen molar-refractivity contribution in [2.24, 2.45) is 0 Å². The highest BCUT2D eigenvalue weighted by atomic mass is 16.3. The Balaban J connectivity index is 1.86. The van der Waals surface area contributed by atoms with Gasteiger partial charge in [-0.05, 0) is 70.3 Å². The maximum absolute atomic E-state index is 10.7. The molecule has 0 saturated carbocycles. The van der Waals surface area contributed by atoms with Crippen molar-refractivity contribution in [1.82, 2.24) is 0 Å². The number of aromatic hydroxyl groups is 8. The maximum atomic E-state index is 10.7. The number of benzene rings is 4. The molecule has 0 spiro atoms. The Hall–Kier alpha value is -5.24. The molecule has 36 heavy (non-hydrogen) atoms. The zero-order valence-electron chi connectivity index (χ0n) is 18.7. The van der Waals surface area contributed by atoms with E-state index >= 15 is 0 Å². The van der Waals surface area contributed by atoms with Crippen LogP contribution >= 0.6 is 0 Å². The number of hydrogen-bond acceptors (Lipinski definition) is 8. The van der Waals surface area contributed by atoms with E-state index in [1.807, 2.05) is 0 Å². The van der Waals surface area contributed by atoms with Gasteiger partial charge in [-0.15, -0.1) is 0 Å². The number of phenols is 8. The minimum absolute atomic E-state index is 0.146. The lowest BCUT2D eigenvalue weighted by Gasteiger charge is -2.14. The van der Waals surface area contributed by atoms with Crippen LogP contribution in [0.15, 0.2) is 60.7 Å². The highest BCUT2D eigenvalue weighted by Crippen LogP contribution is 2.43. The van der Waals surface area contributed by atoms with Crippen LogP contribution in [0.4, 0.5) is 0 Å². The van der Waals surface area contributed by atoms with Gasteiger partial charge in [0.15, 0.2) is 23.0 Å². The van der Waals surface area contributed by atoms with Crippen molar-refractivity contribution in [3.05, 3.63) is 82.9 Å². The lowest BCUT2D eigenvalue weighted by atomic mass is 9.92. The van der Waals surface area contributed by atoms with Crippen LogP contribution in [0.5, 0.6) is 46.0 Å². The molecule has 0 unspecified atom stereocenters. The van der Waals surface area contributed by atoms with Crippen molar-refractivity contribution in [2.45, 2.75) is 0 Å².